The van der Waals surface area contributed by atoms with E-state index in [1.54, 1.807) is 6.20 Å². The van der Waals surface area contributed by atoms with Crippen LogP contribution in [0.5, 0.6) is 0 Å². The number of fused-ring (bicyclic) bond motifs is 1. The van der Waals surface area contributed by atoms with Gasteiger partial charge in [-0.2, -0.15) is 5.10 Å². The smallest absolute Gasteiger partial charge is 0.111 e. The lowest BCUT2D eigenvalue weighted by atomic mass is 10.2. The zero-order valence-electron chi connectivity index (χ0n) is 7.97. The summed E-state index contributed by atoms with van der Waals surface area (Å²) in [7, 11) is 0. The van der Waals surface area contributed by atoms with E-state index < -0.39 is 0 Å². The van der Waals surface area contributed by atoms with Crippen LogP contribution in [0.25, 0.3) is 11.0 Å². The Morgan fingerprint density at radius 1 is 1.50 bits per heavy atom. The molecular weight excluding hydrogens is 178 g/mol. The normalized spacial score (nSPS) is 17.2. The molecule has 2 aromatic rings. The molecule has 2 aromatic heterocycles. The summed E-state index contributed by atoms with van der Waals surface area (Å²) >= 11 is 0. The highest BCUT2D eigenvalue weighted by Gasteiger charge is 2.23. The zero-order valence-corrected chi connectivity index (χ0v) is 7.97. The number of hydrogen-bond acceptors (Lipinski definition) is 3. The van der Waals surface area contributed by atoms with Gasteiger partial charge in [-0.1, -0.05) is 0 Å². The lowest BCUT2D eigenvalue weighted by Gasteiger charge is -2.26. The lowest BCUT2D eigenvalue weighted by molar-refractivity contribution is -0.0267. The minimum absolute atomic E-state index is 0.399. The van der Waals surface area contributed by atoms with Crippen LogP contribution >= 0.6 is 0 Å². The van der Waals surface area contributed by atoms with Crippen molar-refractivity contribution in [2.24, 2.45) is 0 Å². The molecule has 1 saturated heterocycles. The van der Waals surface area contributed by atoms with Gasteiger partial charge in [-0.3, -0.25) is 9.67 Å². The highest BCUT2D eigenvalue weighted by molar-refractivity contribution is 5.77. The van der Waals surface area contributed by atoms with Crippen molar-refractivity contribution in [1.29, 1.82) is 0 Å². The fourth-order valence-electron chi connectivity index (χ4n) is 1.77. The van der Waals surface area contributed by atoms with Crippen LogP contribution in [0, 0.1) is 6.92 Å². The number of nitrogens with zero attached hydrogens (tertiary/aromatic N) is 3. The predicted octanol–water partition coefficient (Wildman–Crippen LogP) is 1.31. The van der Waals surface area contributed by atoms with Gasteiger partial charge in [-0.25, -0.2) is 0 Å². The lowest BCUT2D eigenvalue weighted by Crippen LogP contribution is -2.31. The molecule has 0 saturated carbocycles. The Morgan fingerprint density at radius 2 is 2.36 bits per heavy atom. The molecule has 4 heteroatoms. The number of rotatable bonds is 1. The summed E-state index contributed by atoms with van der Waals surface area (Å²) in [5, 5.41) is 4.49. The molecule has 0 aromatic carbocycles. The van der Waals surface area contributed by atoms with E-state index in [-0.39, 0.29) is 0 Å². The molecule has 0 atom stereocenters. The second kappa shape index (κ2) is 2.78. The third kappa shape index (κ3) is 0.974. The van der Waals surface area contributed by atoms with Crippen molar-refractivity contribution in [3.63, 3.8) is 0 Å². The molecular formula is C10H11N3O. The monoisotopic (exact) mass is 189 g/mol. The summed E-state index contributed by atoms with van der Waals surface area (Å²) in [5.41, 5.74) is 3.10. The number of pyridine rings is 1. The maximum Gasteiger partial charge on any atom is 0.111 e. The molecule has 0 bridgehead atoms. The molecule has 0 radical (unpaired) electrons. The average molecular weight is 189 g/mol. The molecule has 1 aliphatic heterocycles. The summed E-state index contributed by atoms with van der Waals surface area (Å²) in [6.45, 7) is 3.53. The third-order valence-electron chi connectivity index (χ3n) is 2.60. The number of aryl methyl sites for hydroxylation is 1. The van der Waals surface area contributed by atoms with Crippen molar-refractivity contribution in [2.75, 3.05) is 13.2 Å². The Bertz CT molecular complexity index is 473. The fourth-order valence-corrected chi connectivity index (χ4v) is 1.77. The summed E-state index contributed by atoms with van der Waals surface area (Å²) in [4.78, 5) is 4.32. The third-order valence-corrected chi connectivity index (χ3v) is 2.60. The van der Waals surface area contributed by atoms with Gasteiger partial charge in [0.2, 0.25) is 0 Å². The van der Waals surface area contributed by atoms with Crippen molar-refractivity contribution in [1.82, 2.24) is 14.8 Å². The summed E-state index contributed by atoms with van der Waals surface area (Å²) in [5.74, 6) is 0. The van der Waals surface area contributed by atoms with E-state index in [4.69, 9.17) is 4.74 Å². The number of aromatic nitrogens is 3. The largest absolute Gasteiger partial charge is 0.377 e. The van der Waals surface area contributed by atoms with Crippen LogP contribution in [0.15, 0.2) is 18.3 Å². The first-order chi connectivity index (χ1) is 6.86. The summed E-state index contributed by atoms with van der Waals surface area (Å²) in [6, 6.07) is 4.40. The Morgan fingerprint density at radius 3 is 3.07 bits per heavy atom. The SMILES string of the molecule is Cc1nn(C2COC2)c2cccnc12. The van der Waals surface area contributed by atoms with Gasteiger partial charge >= 0.3 is 0 Å². The maximum absolute atomic E-state index is 5.17. The van der Waals surface area contributed by atoms with Crippen LogP contribution < -0.4 is 0 Å². The molecule has 0 N–H and O–H groups in total. The summed E-state index contributed by atoms with van der Waals surface area (Å²) in [6.07, 6.45) is 1.80. The predicted molar refractivity (Wildman–Crippen MR) is 52.1 cm³/mol. The van der Waals surface area contributed by atoms with Crippen LogP contribution in [-0.2, 0) is 4.74 Å². The van der Waals surface area contributed by atoms with E-state index in [1.807, 2.05) is 17.7 Å². The van der Waals surface area contributed by atoms with E-state index in [0.717, 1.165) is 29.9 Å². The van der Waals surface area contributed by atoms with Gasteiger partial charge in [0.15, 0.2) is 0 Å². The highest BCUT2D eigenvalue weighted by Crippen LogP contribution is 2.23. The van der Waals surface area contributed by atoms with Crippen molar-refractivity contribution in [2.45, 2.75) is 13.0 Å². The van der Waals surface area contributed by atoms with Crippen LogP contribution in [0.1, 0.15) is 11.7 Å². The van der Waals surface area contributed by atoms with E-state index in [2.05, 4.69) is 16.1 Å². The number of ether oxygens (including phenoxy) is 1. The Hall–Kier alpha value is -1.42. The fraction of sp³-hybridized carbons (Fsp3) is 0.400. The molecule has 4 nitrogen and oxygen atoms in total. The molecule has 14 heavy (non-hydrogen) atoms. The van der Waals surface area contributed by atoms with Crippen molar-refractivity contribution in [3.8, 4) is 0 Å². The van der Waals surface area contributed by atoms with Gasteiger partial charge in [0.05, 0.1) is 30.5 Å². The minimum Gasteiger partial charge on any atom is -0.377 e. The Balaban J connectivity index is 2.23. The number of hydrogen-bond donors (Lipinski definition) is 0. The first-order valence-corrected chi connectivity index (χ1v) is 4.74. The summed E-state index contributed by atoms with van der Waals surface area (Å²) < 4.78 is 7.20. The quantitative estimate of drug-likeness (QED) is 0.679. The van der Waals surface area contributed by atoms with Gasteiger partial charge in [0.1, 0.15) is 5.52 Å². The van der Waals surface area contributed by atoms with Crippen LogP contribution in [0.3, 0.4) is 0 Å². The van der Waals surface area contributed by atoms with Gasteiger partial charge < -0.3 is 4.74 Å². The molecule has 0 unspecified atom stereocenters. The Labute approximate surface area is 81.5 Å². The molecule has 0 spiro atoms. The molecule has 0 amide bonds. The van der Waals surface area contributed by atoms with E-state index in [1.165, 1.54) is 0 Å². The first kappa shape index (κ1) is 7.94. The molecule has 3 heterocycles. The second-order valence-electron chi connectivity index (χ2n) is 3.59. The molecule has 1 aliphatic rings. The van der Waals surface area contributed by atoms with Gasteiger partial charge in [0, 0.05) is 6.20 Å². The van der Waals surface area contributed by atoms with E-state index >= 15 is 0 Å². The van der Waals surface area contributed by atoms with Crippen LogP contribution in [0.4, 0.5) is 0 Å². The topological polar surface area (TPSA) is 39.9 Å². The zero-order chi connectivity index (χ0) is 9.54. The van der Waals surface area contributed by atoms with Crippen molar-refractivity contribution in [3.05, 3.63) is 24.0 Å². The Kier molecular flexibility index (Phi) is 1.58. The standard InChI is InChI=1S/C10H11N3O/c1-7-10-9(3-2-4-11-10)13(12-7)8-5-14-6-8/h2-4,8H,5-6H2,1H3. The maximum atomic E-state index is 5.17. The van der Waals surface area contributed by atoms with Crippen LogP contribution in [0.2, 0.25) is 0 Å². The second-order valence-corrected chi connectivity index (χ2v) is 3.59. The van der Waals surface area contributed by atoms with Gasteiger partial charge in [0.25, 0.3) is 0 Å². The van der Waals surface area contributed by atoms with E-state index in [9.17, 15) is 0 Å². The molecule has 0 aliphatic carbocycles. The van der Waals surface area contributed by atoms with E-state index in [0.29, 0.717) is 6.04 Å². The van der Waals surface area contributed by atoms with Gasteiger partial charge in [-0.05, 0) is 19.1 Å². The van der Waals surface area contributed by atoms with Gasteiger partial charge in [-0.15, -0.1) is 0 Å². The molecule has 1 fully saturated rings. The molecule has 3 rings (SSSR count). The minimum atomic E-state index is 0.399. The van der Waals surface area contributed by atoms with Crippen molar-refractivity contribution < 1.29 is 4.74 Å². The van der Waals surface area contributed by atoms with Crippen molar-refractivity contribution >= 4 is 11.0 Å². The highest BCUT2D eigenvalue weighted by atomic mass is 16.5. The van der Waals surface area contributed by atoms with Crippen LogP contribution in [-0.4, -0.2) is 28.0 Å². The molecule has 72 valence electrons. The average Bonchev–Trinajstić information content (AvgIpc) is 2.43. The first-order valence-electron chi connectivity index (χ1n) is 4.74.